The number of hydrogen-bond donors (Lipinski definition) is 2. The zero-order valence-electron chi connectivity index (χ0n) is 21.9. The monoisotopic (exact) mass is 619 g/mol. The molecule has 0 aliphatic carbocycles. The van der Waals surface area contributed by atoms with Crippen LogP contribution in [0.25, 0.3) is 0 Å². The number of methoxy groups -OCH3 is 1. The van der Waals surface area contributed by atoms with Crippen LogP contribution in [0.4, 0.5) is 30.2 Å². The van der Waals surface area contributed by atoms with E-state index in [0.29, 0.717) is 11.8 Å². The SMILES string of the molecule is COc1ccc(S(=O)(=O)N(CC(=O)Nc2ccc(S(=O)(=O)Nc3cccc(C(F)(F)F)c3)cc2)c2ccccc2)cc1. The molecule has 0 aromatic heterocycles. The Morgan fingerprint density at radius 3 is 2.00 bits per heavy atom. The van der Waals surface area contributed by atoms with Crippen LogP contribution in [-0.2, 0) is 31.0 Å². The second-order valence-electron chi connectivity index (χ2n) is 8.78. The van der Waals surface area contributed by atoms with Gasteiger partial charge in [0.1, 0.15) is 12.3 Å². The molecule has 4 aromatic carbocycles. The lowest BCUT2D eigenvalue weighted by molar-refractivity contribution is -0.137. The first kappa shape index (κ1) is 30.4. The average molecular weight is 620 g/mol. The lowest BCUT2D eigenvalue weighted by Crippen LogP contribution is -2.38. The maximum Gasteiger partial charge on any atom is 0.416 e. The van der Waals surface area contributed by atoms with E-state index in [4.69, 9.17) is 4.74 Å². The molecule has 42 heavy (non-hydrogen) atoms. The van der Waals surface area contributed by atoms with Gasteiger partial charge in [0, 0.05) is 11.4 Å². The molecule has 220 valence electrons. The van der Waals surface area contributed by atoms with Crippen molar-refractivity contribution in [3.63, 3.8) is 0 Å². The van der Waals surface area contributed by atoms with Crippen LogP contribution in [-0.4, -0.2) is 36.4 Å². The Kier molecular flexibility index (Phi) is 8.78. The summed E-state index contributed by atoms with van der Waals surface area (Å²) < 4.78 is 99.4. The van der Waals surface area contributed by atoms with Gasteiger partial charge in [-0.3, -0.25) is 13.8 Å². The standard InChI is InChI=1S/C28H24F3N3O6S2/c1-40-24-12-16-26(17-13-24)42(38,39)34(23-8-3-2-4-9-23)19-27(35)32-21-10-14-25(15-11-21)41(36,37)33-22-7-5-6-20(18-22)28(29,30)31/h2-18,33H,19H2,1H3,(H,32,35). The first-order chi connectivity index (χ1) is 19.8. The summed E-state index contributed by atoms with van der Waals surface area (Å²) in [5.74, 6) is -0.262. The lowest BCUT2D eigenvalue weighted by atomic mass is 10.2. The van der Waals surface area contributed by atoms with E-state index in [1.54, 1.807) is 18.2 Å². The first-order valence-electron chi connectivity index (χ1n) is 12.1. The van der Waals surface area contributed by atoms with Crippen LogP contribution in [0.5, 0.6) is 5.75 Å². The van der Waals surface area contributed by atoms with Crippen LogP contribution in [0.1, 0.15) is 5.56 Å². The van der Waals surface area contributed by atoms with Gasteiger partial charge in [0.15, 0.2) is 0 Å². The molecule has 0 saturated carbocycles. The van der Waals surface area contributed by atoms with E-state index < -0.39 is 44.2 Å². The maximum absolute atomic E-state index is 13.5. The summed E-state index contributed by atoms with van der Waals surface area (Å²) in [5, 5.41) is 2.53. The molecule has 0 atom stereocenters. The molecular formula is C28H24F3N3O6S2. The Bertz CT molecular complexity index is 1760. The van der Waals surface area contributed by atoms with E-state index in [0.717, 1.165) is 28.6 Å². The molecule has 0 bridgehead atoms. The Balaban J connectivity index is 1.50. The summed E-state index contributed by atoms with van der Waals surface area (Å²) in [5.41, 5.74) is -0.890. The molecule has 0 heterocycles. The van der Waals surface area contributed by atoms with Crippen LogP contribution in [0.3, 0.4) is 0 Å². The molecule has 0 saturated heterocycles. The van der Waals surface area contributed by atoms with Crippen molar-refractivity contribution in [2.45, 2.75) is 16.0 Å². The third kappa shape index (κ3) is 7.19. The van der Waals surface area contributed by atoms with Gasteiger partial charge in [0.2, 0.25) is 5.91 Å². The number of amides is 1. The van der Waals surface area contributed by atoms with E-state index in [9.17, 15) is 34.8 Å². The molecule has 0 aliphatic rings. The van der Waals surface area contributed by atoms with E-state index in [2.05, 4.69) is 10.0 Å². The van der Waals surface area contributed by atoms with E-state index in [1.165, 1.54) is 61.7 Å². The fourth-order valence-electron chi connectivity index (χ4n) is 3.81. The van der Waals surface area contributed by atoms with E-state index in [1.807, 2.05) is 0 Å². The topological polar surface area (TPSA) is 122 Å². The minimum atomic E-state index is -4.65. The van der Waals surface area contributed by atoms with Crippen molar-refractivity contribution in [1.82, 2.24) is 0 Å². The minimum absolute atomic E-state index is 0.0669. The number of ether oxygens (including phenoxy) is 1. The number of rotatable bonds is 10. The van der Waals surface area contributed by atoms with Crippen molar-refractivity contribution in [2.24, 2.45) is 0 Å². The Morgan fingerprint density at radius 2 is 1.40 bits per heavy atom. The number of nitrogens with zero attached hydrogens (tertiary/aromatic N) is 1. The molecule has 0 fully saturated rings. The molecule has 1 amide bonds. The van der Waals surface area contributed by atoms with Crippen molar-refractivity contribution in [2.75, 3.05) is 28.0 Å². The summed E-state index contributed by atoms with van der Waals surface area (Å²) in [6, 6.07) is 22.2. The Labute approximate surface area is 240 Å². The maximum atomic E-state index is 13.5. The second-order valence-corrected chi connectivity index (χ2v) is 12.3. The minimum Gasteiger partial charge on any atom is -0.497 e. The zero-order chi connectivity index (χ0) is 30.5. The summed E-state index contributed by atoms with van der Waals surface area (Å²) in [6.45, 7) is -0.602. The second kappa shape index (κ2) is 12.1. The van der Waals surface area contributed by atoms with Crippen molar-refractivity contribution < 1.29 is 39.5 Å². The highest BCUT2D eigenvalue weighted by Crippen LogP contribution is 2.31. The summed E-state index contributed by atoms with van der Waals surface area (Å²) in [6.07, 6.45) is -4.65. The highest BCUT2D eigenvalue weighted by molar-refractivity contribution is 7.93. The fourth-order valence-corrected chi connectivity index (χ4v) is 6.28. The molecule has 0 aliphatic heterocycles. The highest BCUT2D eigenvalue weighted by atomic mass is 32.2. The van der Waals surface area contributed by atoms with Gasteiger partial charge >= 0.3 is 6.18 Å². The number of para-hydroxylation sites is 1. The fraction of sp³-hybridized carbons (Fsp3) is 0.107. The number of anilines is 3. The molecule has 4 aromatic rings. The number of alkyl halides is 3. The number of sulfonamides is 2. The van der Waals surface area contributed by atoms with Crippen LogP contribution in [0.2, 0.25) is 0 Å². The van der Waals surface area contributed by atoms with E-state index >= 15 is 0 Å². The number of hydrogen-bond acceptors (Lipinski definition) is 6. The Hall–Kier alpha value is -4.56. The number of halogens is 3. The van der Waals surface area contributed by atoms with Crippen molar-refractivity contribution in [1.29, 1.82) is 0 Å². The quantitative estimate of drug-likeness (QED) is 0.247. The molecule has 9 nitrogen and oxygen atoms in total. The van der Waals surface area contributed by atoms with Gasteiger partial charge in [-0.25, -0.2) is 16.8 Å². The van der Waals surface area contributed by atoms with Gasteiger partial charge in [0.05, 0.1) is 28.2 Å². The summed E-state index contributed by atoms with van der Waals surface area (Å²) in [4.78, 5) is 12.6. The van der Waals surface area contributed by atoms with Gasteiger partial charge in [-0.15, -0.1) is 0 Å². The summed E-state index contributed by atoms with van der Waals surface area (Å²) in [7, 11) is -6.99. The van der Waals surface area contributed by atoms with Crippen LogP contribution < -0.4 is 19.1 Å². The summed E-state index contributed by atoms with van der Waals surface area (Å²) >= 11 is 0. The number of carbonyl (C=O) groups is 1. The van der Waals surface area contributed by atoms with Gasteiger partial charge in [-0.2, -0.15) is 13.2 Å². The van der Waals surface area contributed by atoms with Crippen LogP contribution in [0.15, 0.2) is 113 Å². The van der Waals surface area contributed by atoms with Crippen LogP contribution in [0, 0.1) is 0 Å². The van der Waals surface area contributed by atoms with Crippen molar-refractivity contribution in [3.8, 4) is 5.75 Å². The number of nitrogens with one attached hydrogen (secondary N) is 2. The highest BCUT2D eigenvalue weighted by Gasteiger charge is 2.31. The number of carbonyl (C=O) groups excluding carboxylic acids is 1. The largest absolute Gasteiger partial charge is 0.497 e. The third-order valence-corrected chi connectivity index (χ3v) is 9.05. The molecular weight excluding hydrogens is 595 g/mol. The Morgan fingerprint density at radius 1 is 0.786 bits per heavy atom. The zero-order valence-corrected chi connectivity index (χ0v) is 23.5. The smallest absolute Gasteiger partial charge is 0.416 e. The molecule has 0 spiro atoms. The predicted octanol–water partition coefficient (Wildman–Crippen LogP) is 5.35. The van der Waals surface area contributed by atoms with Crippen molar-refractivity contribution in [3.05, 3.63) is 109 Å². The molecule has 0 unspecified atom stereocenters. The molecule has 2 N–H and O–H groups in total. The van der Waals surface area contributed by atoms with Gasteiger partial charge in [-0.05, 0) is 78.9 Å². The van der Waals surface area contributed by atoms with Crippen LogP contribution >= 0.6 is 0 Å². The molecule has 14 heteroatoms. The van der Waals surface area contributed by atoms with Gasteiger partial charge in [-0.1, -0.05) is 24.3 Å². The lowest BCUT2D eigenvalue weighted by Gasteiger charge is -2.24. The number of benzene rings is 4. The van der Waals surface area contributed by atoms with E-state index in [-0.39, 0.29) is 26.9 Å². The first-order valence-corrected chi connectivity index (χ1v) is 15.0. The van der Waals surface area contributed by atoms with Crippen molar-refractivity contribution >= 4 is 43.0 Å². The average Bonchev–Trinajstić information content (AvgIpc) is 2.96. The van der Waals surface area contributed by atoms with Gasteiger partial charge < -0.3 is 10.1 Å². The third-order valence-electron chi connectivity index (χ3n) is 5.87. The molecule has 4 rings (SSSR count). The normalized spacial score (nSPS) is 11.9. The molecule has 0 radical (unpaired) electrons. The van der Waals surface area contributed by atoms with Gasteiger partial charge in [0.25, 0.3) is 20.0 Å². The predicted molar refractivity (Wildman–Crippen MR) is 151 cm³/mol.